The number of hydrogen-bond donors (Lipinski definition) is 2. The van der Waals surface area contributed by atoms with Crippen LogP contribution < -0.4 is 4.72 Å². The average molecular weight is 273 g/mol. The summed E-state index contributed by atoms with van der Waals surface area (Å²) in [6.45, 7) is 2.09. The van der Waals surface area contributed by atoms with Crippen LogP contribution in [0.3, 0.4) is 0 Å². The standard InChI is InChI=1S/C11H15NO5S/c1-2-3-7-17-11(14)12-18(15,16)10-6-4-5-9(13)8-10/h4-6,8,13H,2-3,7H2,1H3,(H,12,14). The van der Waals surface area contributed by atoms with E-state index >= 15 is 0 Å². The second-order valence-corrected chi connectivity index (χ2v) is 5.27. The molecule has 0 aliphatic rings. The number of unbranched alkanes of at least 4 members (excludes halogenated alkanes) is 1. The van der Waals surface area contributed by atoms with Gasteiger partial charge in [0.15, 0.2) is 0 Å². The molecule has 0 heterocycles. The Labute approximate surface area is 106 Å². The van der Waals surface area contributed by atoms with Crippen molar-refractivity contribution in [3.63, 3.8) is 0 Å². The molecule has 0 radical (unpaired) electrons. The second kappa shape index (κ2) is 6.25. The van der Waals surface area contributed by atoms with Crippen molar-refractivity contribution >= 4 is 16.1 Å². The van der Waals surface area contributed by atoms with Gasteiger partial charge in [-0.25, -0.2) is 17.9 Å². The van der Waals surface area contributed by atoms with E-state index in [2.05, 4.69) is 4.74 Å². The third-order valence-electron chi connectivity index (χ3n) is 2.08. The monoisotopic (exact) mass is 273 g/mol. The normalized spacial score (nSPS) is 10.9. The van der Waals surface area contributed by atoms with Crippen molar-refractivity contribution in [1.82, 2.24) is 4.72 Å². The third-order valence-corrected chi connectivity index (χ3v) is 3.39. The predicted octanol–water partition coefficient (Wildman–Crippen LogP) is 1.61. The summed E-state index contributed by atoms with van der Waals surface area (Å²) in [5.74, 6) is -0.197. The number of carbonyl (C=O) groups excluding carboxylic acids is 1. The van der Waals surface area contributed by atoms with Crippen LogP contribution >= 0.6 is 0 Å². The fraction of sp³-hybridized carbons (Fsp3) is 0.364. The van der Waals surface area contributed by atoms with E-state index in [1.807, 2.05) is 6.92 Å². The Kier molecular flexibility index (Phi) is 4.96. The van der Waals surface area contributed by atoms with Crippen molar-refractivity contribution in [3.05, 3.63) is 24.3 Å². The van der Waals surface area contributed by atoms with E-state index < -0.39 is 16.1 Å². The summed E-state index contributed by atoms with van der Waals surface area (Å²) in [6.07, 6.45) is 0.485. The molecule has 6 nitrogen and oxygen atoms in total. The van der Waals surface area contributed by atoms with Gasteiger partial charge in [-0.3, -0.25) is 0 Å². The van der Waals surface area contributed by atoms with Crippen LogP contribution in [0.2, 0.25) is 0 Å². The van der Waals surface area contributed by atoms with Crippen LogP contribution in [0.15, 0.2) is 29.2 Å². The SMILES string of the molecule is CCCCOC(=O)NS(=O)(=O)c1cccc(O)c1. The van der Waals surface area contributed by atoms with E-state index in [1.54, 1.807) is 4.72 Å². The van der Waals surface area contributed by atoms with Gasteiger partial charge in [0.1, 0.15) is 5.75 Å². The predicted molar refractivity (Wildman–Crippen MR) is 64.7 cm³/mol. The molecule has 1 amide bonds. The van der Waals surface area contributed by atoms with Crippen LogP contribution in [-0.4, -0.2) is 26.2 Å². The van der Waals surface area contributed by atoms with Crippen molar-refractivity contribution in [2.24, 2.45) is 0 Å². The number of phenolic OH excluding ortho intramolecular Hbond substituents is 1. The Bertz CT molecular complexity index is 512. The summed E-state index contributed by atoms with van der Waals surface area (Å²) in [7, 11) is -4.00. The Morgan fingerprint density at radius 2 is 2.17 bits per heavy atom. The van der Waals surface area contributed by atoms with Gasteiger partial charge in [0.25, 0.3) is 10.0 Å². The molecule has 1 aromatic rings. The molecule has 0 saturated heterocycles. The molecule has 0 aliphatic heterocycles. The first-order chi connectivity index (χ1) is 8.45. The molecule has 1 rings (SSSR count). The zero-order valence-electron chi connectivity index (χ0n) is 9.92. The molecule has 0 spiro atoms. The number of benzene rings is 1. The van der Waals surface area contributed by atoms with Gasteiger partial charge in [-0.15, -0.1) is 0 Å². The zero-order valence-corrected chi connectivity index (χ0v) is 10.7. The number of amides is 1. The Hall–Kier alpha value is -1.76. The van der Waals surface area contributed by atoms with E-state index in [1.165, 1.54) is 18.2 Å². The molecule has 0 aromatic heterocycles. The number of carbonyl (C=O) groups is 1. The first kappa shape index (κ1) is 14.3. The van der Waals surface area contributed by atoms with Crippen molar-refractivity contribution in [2.75, 3.05) is 6.61 Å². The van der Waals surface area contributed by atoms with Crippen molar-refractivity contribution in [2.45, 2.75) is 24.7 Å². The van der Waals surface area contributed by atoms with Crippen molar-refractivity contribution < 1.29 is 23.1 Å². The van der Waals surface area contributed by atoms with E-state index in [-0.39, 0.29) is 17.3 Å². The maximum absolute atomic E-state index is 11.7. The summed E-state index contributed by atoms with van der Waals surface area (Å²) in [5.41, 5.74) is 0. The number of aromatic hydroxyl groups is 1. The number of hydrogen-bond acceptors (Lipinski definition) is 5. The lowest BCUT2D eigenvalue weighted by molar-refractivity contribution is 0.151. The summed E-state index contributed by atoms with van der Waals surface area (Å²) >= 11 is 0. The summed E-state index contributed by atoms with van der Waals surface area (Å²) in [4.78, 5) is 11.0. The van der Waals surface area contributed by atoms with Crippen LogP contribution in [0.1, 0.15) is 19.8 Å². The molecule has 0 saturated carbocycles. The zero-order chi connectivity index (χ0) is 13.6. The molecule has 0 aliphatic carbocycles. The lowest BCUT2D eigenvalue weighted by atomic mass is 10.3. The maximum Gasteiger partial charge on any atom is 0.421 e. The number of phenols is 1. The average Bonchev–Trinajstić information content (AvgIpc) is 2.28. The van der Waals surface area contributed by atoms with Crippen LogP contribution in [0.4, 0.5) is 4.79 Å². The fourth-order valence-electron chi connectivity index (χ4n) is 1.16. The molecule has 100 valence electrons. The summed E-state index contributed by atoms with van der Waals surface area (Å²) in [6, 6.07) is 5.01. The molecule has 0 atom stereocenters. The first-order valence-corrected chi connectivity index (χ1v) is 6.92. The second-order valence-electron chi connectivity index (χ2n) is 3.59. The van der Waals surface area contributed by atoms with E-state index in [0.29, 0.717) is 6.42 Å². The highest BCUT2D eigenvalue weighted by Crippen LogP contribution is 2.15. The molecule has 0 bridgehead atoms. The molecule has 2 N–H and O–H groups in total. The van der Waals surface area contributed by atoms with Gasteiger partial charge in [-0.1, -0.05) is 19.4 Å². The Balaban J connectivity index is 2.68. The minimum Gasteiger partial charge on any atom is -0.508 e. The highest BCUT2D eigenvalue weighted by molar-refractivity contribution is 7.90. The Morgan fingerprint density at radius 3 is 2.78 bits per heavy atom. The van der Waals surface area contributed by atoms with Crippen LogP contribution in [0.25, 0.3) is 0 Å². The van der Waals surface area contributed by atoms with Gasteiger partial charge in [0.2, 0.25) is 0 Å². The highest BCUT2D eigenvalue weighted by atomic mass is 32.2. The number of nitrogens with one attached hydrogen (secondary N) is 1. The van der Waals surface area contributed by atoms with Gasteiger partial charge in [0, 0.05) is 6.07 Å². The summed E-state index contributed by atoms with van der Waals surface area (Å²) < 4.78 is 29.8. The van der Waals surface area contributed by atoms with Gasteiger partial charge < -0.3 is 9.84 Å². The van der Waals surface area contributed by atoms with Crippen LogP contribution in [-0.2, 0) is 14.8 Å². The molecule has 7 heteroatoms. The molecular formula is C11H15NO5S. The lowest BCUT2D eigenvalue weighted by Gasteiger charge is -2.07. The van der Waals surface area contributed by atoms with E-state index in [0.717, 1.165) is 12.5 Å². The molecule has 0 unspecified atom stereocenters. The van der Waals surface area contributed by atoms with Gasteiger partial charge in [-0.05, 0) is 18.6 Å². The van der Waals surface area contributed by atoms with Crippen molar-refractivity contribution in [1.29, 1.82) is 0 Å². The summed E-state index contributed by atoms with van der Waals surface area (Å²) in [5, 5.41) is 9.18. The largest absolute Gasteiger partial charge is 0.508 e. The quantitative estimate of drug-likeness (QED) is 0.795. The van der Waals surface area contributed by atoms with Crippen molar-refractivity contribution in [3.8, 4) is 5.75 Å². The van der Waals surface area contributed by atoms with Crippen LogP contribution in [0.5, 0.6) is 5.75 Å². The lowest BCUT2D eigenvalue weighted by Crippen LogP contribution is -2.31. The minimum absolute atomic E-state index is 0.165. The number of sulfonamides is 1. The van der Waals surface area contributed by atoms with Gasteiger partial charge >= 0.3 is 6.09 Å². The molecular weight excluding hydrogens is 258 g/mol. The molecule has 1 aromatic carbocycles. The smallest absolute Gasteiger partial charge is 0.421 e. The third kappa shape index (κ3) is 4.25. The maximum atomic E-state index is 11.7. The van der Waals surface area contributed by atoms with Crippen LogP contribution in [0, 0.1) is 0 Å². The minimum atomic E-state index is -4.00. The fourth-order valence-corrected chi connectivity index (χ4v) is 2.09. The topological polar surface area (TPSA) is 92.7 Å². The van der Waals surface area contributed by atoms with E-state index in [9.17, 15) is 18.3 Å². The first-order valence-electron chi connectivity index (χ1n) is 5.44. The van der Waals surface area contributed by atoms with Gasteiger partial charge in [0.05, 0.1) is 11.5 Å². The molecule has 18 heavy (non-hydrogen) atoms. The highest BCUT2D eigenvalue weighted by Gasteiger charge is 2.18. The number of ether oxygens (including phenoxy) is 1. The van der Waals surface area contributed by atoms with E-state index in [4.69, 9.17) is 0 Å². The Morgan fingerprint density at radius 1 is 1.44 bits per heavy atom. The number of rotatable bonds is 5. The van der Waals surface area contributed by atoms with Gasteiger partial charge in [-0.2, -0.15) is 0 Å². The molecule has 0 fully saturated rings.